The third kappa shape index (κ3) is 3.36. The molecule has 0 radical (unpaired) electrons. The monoisotopic (exact) mass is 222 g/mol. The van der Waals surface area contributed by atoms with Crippen molar-refractivity contribution in [3.63, 3.8) is 0 Å². The van der Waals surface area contributed by atoms with Gasteiger partial charge in [-0.05, 0) is 24.3 Å². The summed E-state index contributed by atoms with van der Waals surface area (Å²) in [6.07, 6.45) is 0. The Kier molecular flexibility index (Phi) is 3.33. The van der Waals surface area contributed by atoms with E-state index < -0.39 is 7.60 Å². The molecule has 1 aromatic rings. The molecule has 0 spiro atoms. The molecular weight excluding hydrogens is 214 g/mol. The van der Waals surface area contributed by atoms with Crippen LogP contribution in [0.25, 0.3) is 0 Å². The van der Waals surface area contributed by atoms with Crippen LogP contribution >= 0.6 is 19.2 Å². The standard InChI is InChI=1S/C7H8ClO4P/c1-13(10,12-9)11-7-4-2-6(8)3-5-7/h2-5,9H,1H3. The topological polar surface area (TPSA) is 55.8 Å². The Morgan fingerprint density at radius 2 is 1.92 bits per heavy atom. The molecule has 0 aliphatic rings. The van der Waals surface area contributed by atoms with Crippen LogP contribution in [0.3, 0.4) is 0 Å². The predicted molar refractivity (Wildman–Crippen MR) is 49.3 cm³/mol. The van der Waals surface area contributed by atoms with Gasteiger partial charge in [-0.1, -0.05) is 11.6 Å². The number of hydrogen-bond donors (Lipinski definition) is 1. The Labute approximate surface area is 80.5 Å². The second-order valence-corrected chi connectivity index (χ2v) is 4.72. The van der Waals surface area contributed by atoms with Gasteiger partial charge >= 0.3 is 7.60 Å². The normalized spacial score (nSPS) is 15.0. The molecular formula is C7H8ClO4P. The summed E-state index contributed by atoms with van der Waals surface area (Å²) in [6.45, 7) is 1.15. The van der Waals surface area contributed by atoms with Crippen LogP contribution in [0.4, 0.5) is 0 Å². The lowest BCUT2D eigenvalue weighted by molar-refractivity contribution is -0.143. The van der Waals surface area contributed by atoms with Gasteiger partial charge in [-0.15, -0.1) is 4.67 Å². The van der Waals surface area contributed by atoms with E-state index in [9.17, 15) is 4.57 Å². The Morgan fingerprint density at radius 1 is 1.38 bits per heavy atom. The van der Waals surface area contributed by atoms with Crippen molar-refractivity contribution < 1.29 is 19.0 Å². The third-order valence-corrected chi connectivity index (χ3v) is 2.32. The minimum absolute atomic E-state index is 0.323. The highest BCUT2D eigenvalue weighted by molar-refractivity contribution is 7.53. The van der Waals surface area contributed by atoms with Gasteiger partial charge in [0, 0.05) is 5.02 Å². The Hall–Kier alpha value is -0.540. The molecule has 0 saturated heterocycles. The molecule has 1 unspecified atom stereocenters. The summed E-state index contributed by atoms with van der Waals surface area (Å²) in [5.74, 6) is 0.323. The fourth-order valence-electron chi connectivity index (χ4n) is 0.704. The summed E-state index contributed by atoms with van der Waals surface area (Å²) in [5.41, 5.74) is 0. The predicted octanol–water partition coefficient (Wildman–Crippen LogP) is 3.03. The highest BCUT2D eigenvalue weighted by atomic mass is 35.5. The second-order valence-electron chi connectivity index (χ2n) is 2.40. The van der Waals surface area contributed by atoms with Crippen LogP contribution in [0.2, 0.25) is 5.02 Å². The Balaban J connectivity index is 2.75. The minimum atomic E-state index is -3.40. The first-order valence-corrected chi connectivity index (χ1v) is 5.76. The van der Waals surface area contributed by atoms with Crippen molar-refractivity contribution in [3.05, 3.63) is 29.3 Å². The lowest BCUT2D eigenvalue weighted by atomic mass is 10.3. The maximum Gasteiger partial charge on any atom is 0.402 e. The van der Waals surface area contributed by atoms with Crippen molar-refractivity contribution in [2.75, 3.05) is 6.66 Å². The van der Waals surface area contributed by atoms with Gasteiger partial charge in [0.25, 0.3) is 0 Å². The van der Waals surface area contributed by atoms with Gasteiger partial charge in [-0.25, -0.2) is 9.82 Å². The lowest BCUT2D eigenvalue weighted by Gasteiger charge is -2.10. The first-order chi connectivity index (χ1) is 6.03. The van der Waals surface area contributed by atoms with Crippen LogP contribution in [0.5, 0.6) is 5.75 Å². The molecule has 0 saturated carbocycles. The van der Waals surface area contributed by atoms with Crippen molar-refractivity contribution in [3.8, 4) is 5.75 Å². The molecule has 72 valence electrons. The molecule has 0 aliphatic carbocycles. The molecule has 1 rings (SSSR count). The van der Waals surface area contributed by atoms with Crippen molar-refractivity contribution >= 4 is 19.2 Å². The zero-order chi connectivity index (χ0) is 9.90. The van der Waals surface area contributed by atoms with Crippen LogP contribution in [0, 0.1) is 0 Å². The van der Waals surface area contributed by atoms with E-state index in [2.05, 4.69) is 4.67 Å². The van der Waals surface area contributed by atoms with E-state index in [1.807, 2.05) is 0 Å². The van der Waals surface area contributed by atoms with E-state index >= 15 is 0 Å². The molecule has 0 fully saturated rings. The average Bonchev–Trinajstić information content (AvgIpc) is 2.09. The zero-order valence-electron chi connectivity index (χ0n) is 6.81. The molecule has 0 aromatic heterocycles. The summed E-state index contributed by atoms with van der Waals surface area (Å²) < 4.78 is 19.6. The average molecular weight is 223 g/mol. The second kappa shape index (κ2) is 4.11. The third-order valence-electron chi connectivity index (χ3n) is 1.23. The first kappa shape index (κ1) is 10.5. The smallest absolute Gasteiger partial charge is 0.402 e. The quantitative estimate of drug-likeness (QED) is 0.485. The molecule has 0 amide bonds. The van der Waals surface area contributed by atoms with Gasteiger partial charge in [-0.3, -0.25) is 0 Å². The molecule has 6 heteroatoms. The van der Waals surface area contributed by atoms with Crippen molar-refractivity contribution in [1.82, 2.24) is 0 Å². The van der Waals surface area contributed by atoms with Gasteiger partial charge in [0.1, 0.15) is 5.75 Å². The molecule has 0 heterocycles. The van der Waals surface area contributed by atoms with E-state index in [-0.39, 0.29) is 0 Å². The van der Waals surface area contributed by atoms with Crippen LogP contribution in [0.1, 0.15) is 0 Å². The van der Waals surface area contributed by atoms with Gasteiger partial charge < -0.3 is 4.52 Å². The highest BCUT2D eigenvalue weighted by Crippen LogP contribution is 2.43. The van der Waals surface area contributed by atoms with E-state index in [4.69, 9.17) is 21.4 Å². The zero-order valence-corrected chi connectivity index (χ0v) is 8.46. The fourth-order valence-corrected chi connectivity index (χ4v) is 1.37. The highest BCUT2D eigenvalue weighted by Gasteiger charge is 2.17. The summed E-state index contributed by atoms with van der Waals surface area (Å²) in [5, 5.41) is 8.74. The number of hydrogen-bond acceptors (Lipinski definition) is 4. The Bertz CT molecular complexity index is 324. The molecule has 4 nitrogen and oxygen atoms in total. The summed E-state index contributed by atoms with van der Waals surface area (Å²) in [6, 6.07) is 6.21. The van der Waals surface area contributed by atoms with Crippen LogP contribution in [0.15, 0.2) is 24.3 Å². The molecule has 0 aliphatic heterocycles. The van der Waals surface area contributed by atoms with Crippen molar-refractivity contribution in [2.45, 2.75) is 0 Å². The summed E-state index contributed by atoms with van der Waals surface area (Å²) in [4.78, 5) is 0. The molecule has 1 atom stereocenters. The first-order valence-electron chi connectivity index (χ1n) is 3.39. The minimum Gasteiger partial charge on any atom is -0.423 e. The number of rotatable bonds is 3. The number of benzene rings is 1. The summed E-state index contributed by atoms with van der Waals surface area (Å²) >= 11 is 5.61. The van der Waals surface area contributed by atoms with E-state index in [0.717, 1.165) is 6.66 Å². The van der Waals surface area contributed by atoms with Crippen molar-refractivity contribution in [2.24, 2.45) is 0 Å². The largest absolute Gasteiger partial charge is 0.423 e. The van der Waals surface area contributed by atoms with Gasteiger partial charge in [-0.2, -0.15) is 0 Å². The van der Waals surface area contributed by atoms with Gasteiger partial charge in [0.15, 0.2) is 0 Å². The van der Waals surface area contributed by atoms with Crippen LogP contribution in [-0.4, -0.2) is 11.9 Å². The maximum atomic E-state index is 11.1. The van der Waals surface area contributed by atoms with Gasteiger partial charge in [0.05, 0.1) is 6.66 Å². The molecule has 0 bridgehead atoms. The SMILES string of the molecule is CP(=O)(OO)Oc1ccc(Cl)cc1. The summed E-state index contributed by atoms with van der Waals surface area (Å²) in [7, 11) is -3.40. The van der Waals surface area contributed by atoms with E-state index in [0.29, 0.717) is 10.8 Å². The molecule has 13 heavy (non-hydrogen) atoms. The Morgan fingerprint density at radius 3 is 2.38 bits per heavy atom. The maximum absolute atomic E-state index is 11.1. The lowest BCUT2D eigenvalue weighted by Crippen LogP contribution is -1.92. The van der Waals surface area contributed by atoms with Gasteiger partial charge in [0.2, 0.25) is 0 Å². The molecule has 1 N–H and O–H groups in total. The van der Waals surface area contributed by atoms with Crippen LogP contribution in [-0.2, 0) is 9.24 Å². The number of halogens is 1. The van der Waals surface area contributed by atoms with E-state index in [1.54, 1.807) is 12.1 Å². The van der Waals surface area contributed by atoms with Crippen LogP contribution < -0.4 is 4.52 Å². The molecule has 1 aromatic carbocycles. The van der Waals surface area contributed by atoms with Crippen molar-refractivity contribution in [1.29, 1.82) is 0 Å². The fraction of sp³-hybridized carbons (Fsp3) is 0.143. The van der Waals surface area contributed by atoms with E-state index in [1.165, 1.54) is 12.1 Å².